The van der Waals surface area contributed by atoms with E-state index in [0.717, 1.165) is 0 Å². The van der Waals surface area contributed by atoms with E-state index in [0.29, 0.717) is 5.75 Å². The van der Waals surface area contributed by atoms with Gasteiger partial charge >= 0.3 is 17.9 Å². The number of alkyl halides is 1. The number of ether oxygens (including phenoxy) is 3. The van der Waals surface area contributed by atoms with E-state index >= 15 is 0 Å². The van der Waals surface area contributed by atoms with Crippen LogP contribution in [0.3, 0.4) is 0 Å². The van der Waals surface area contributed by atoms with Crippen molar-refractivity contribution in [2.45, 2.75) is 43.2 Å². The molecule has 8 heteroatoms. The molecule has 0 saturated carbocycles. The first-order valence-electron chi connectivity index (χ1n) is 5.58. The molecule has 108 valence electrons. The Bertz CT molecular complexity index is 374. The Labute approximate surface area is 123 Å². The molecule has 0 spiro atoms. The van der Waals surface area contributed by atoms with Crippen molar-refractivity contribution < 1.29 is 28.6 Å². The molecule has 1 rings (SSSR count). The molecule has 4 atom stereocenters. The van der Waals surface area contributed by atoms with Crippen LogP contribution in [-0.2, 0) is 28.6 Å². The maximum absolute atomic E-state index is 11.2. The first kappa shape index (κ1) is 16.3. The van der Waals surface area contributed by atoms with Gasteiger partial charge in [-0.05, 0) is 0 Å². The van der Waals surface area contributed by atoms with E-state index in [9.17, 15) is 14.4 Å². The Kier molecular flexibility index (Phi) is 6.12. The fourth-order valence-corrected chi connectivity index (χ4v) is 3.60. The Morgan fingerprint density at radius 1 is 0.947 bits per heavy atom. The Hall–Kier alpha value is -0.760. The number of carbonyl (C=O) groups is 3. The summed E-state index contributed by atoms with van der Waals surface area (Å²) in [5.74, 6) is -1.04. The predicted octanol–water partition coefficient (Wildman–Crippen LogP) is 1.25. The molecular weight excluding hydrogens is 340 g/mol. The summed E-state index contributed by atoms with van der Waals surface area (Å²) in [5, 5.41) is 0. The highest BCUT2D eigenvalue weighted by atomic mass is 79.9. The molecule has 0 bridgehead atoms. The van der Waals surface area contributed by atoms with Gasteiger partial charge in [-0.2, -0.15) is 0 Å². The topological polar surface area (TPSA) is 78.9 Å². The summed E-state index contributed by atoms with van der Waals surface area (Å²) in [4.78, 5) is 33.3. The van der Waals surface area contributed by atoms with Crippen LogP contribution in [0.4, 0.5) is 0 Å². The number of halogens is 1. The van der Waals surface area contributed by atoms with E-state index in [1.165, 1.54) is 32.5 Å². The molecular formula is C11H15BrO6S. The van der Waals surface area contributed by atoms with Gasteiger partial charge in [0.25, 0.3) is 0 Å². The van der Waals surface area contributed by atoms with Gasteiger partial charge in [-0.1, -0.05) is 15.9 Å². The minimum atomic E-state index is -0.809. The fraction of sp³-hybridized carbons (Fsp3) is 0.727. The number of carbonyl (C=O) groups excluding carboxylic acids is 3. The van der Waals surface area contributed by atoms with Crippen molar-refractivity contribution in [3.63, 3.8) is 0 Å². The zero-order valence-electron chi connectivity index (χ0n) is 10.8. The average Bonchev–Trinajstić information content (AvgIpc) is 2.25. The smallest absolute Gasteiger partial charge is 0.303 e. The van der Waals surface area contributed by atoms with Crippen molar-refractivity contribution in [1.29, 1.82) is 0 Å². The lowest BCUT2D eigenvalue weighted by Gasteiger charge is -2.38. The highest BCUT2D eigenvalue weighted by Crippen LogP contribution is 2.35. The second kappa shape index (κ2) is 7.14. The number of hydrogen-bond donors (Lipinski definition) is 0. The van der Waals surface area contributed by atoms with Gasteiger partial charge in [0, 0.05) is 26.5 Å². The summed E-state index contributed by atoms with van der Waals surface area (Å²) < 4.78 is 15.2. The maximum Gasteiger partial charge on any atom is 0.303 e. The van der Waals surface area contributed by atoms with E-state index < -0.39 is 36.2 Å². The third-order valence-corrected chi connectivity index (χ3v) is 4.71. The molecule has 1 aliphatic heterocycles. The second-order valence-electron chi connectivity index (χ2n) is 3.98. The van der Waals surface area contributed by atoms with Crippen LogP contribution < -0.4 is 0 Å². The van der Waals surface area contributed by atoms with Crippen molar-refractivity contribution in [3.8, 4) is 0 Å². The highest BCUT2D eigenvalue weighted by Gasteiger charge is 2.45. The van der Waals surface area contributed by atoms with Crippen molar-refractivity contribution in [2.75, 3.05) is 5.75 Å². The van der Waals surface area contributed by atoms with E-state index in [1.54, 1.807) is 0 Å². The Morgan fingerprint density at radius 3 is 1.89 bits per heavy atom. The average molecular weight is 355 g/mol. The minimum absolute atomic E-state index is 0.229. The first-order chi connectivity index (χ1) is 8.81. The molecule has 6 nitrogen and oxygen atoms in total. The molecule has 0 aromatic carbocycles. The Balaban J connectivity index is 2.89. The highest BCUT2D eigenvalue weighted by molar-refractivity contribution is 9.11. The van der Waals surface area contributed by atoms with Crippen LogP contribution in [0, 0.1) is 0 Å². The molecule has 0 radical (unpaired) electrons. The first-order valence-corrected chi connectivity index (χ1v) is 7.55. The SMILES string of the molecule is CC(=O)O[C@@H]1[C@H](OC(C)=O)[C@H](OC(C)=O)CS[C@H]1Br. The summed E-state index contributed by atoms with van der Waals surface area (Å²) >= 11 is 4.78. The molecule has 0 amide bonds. The predicted molar refractivity (Wildman–Crippen MR) is 71.8 cm³/mol. The lowest BCUT2D eigenvalue weighted by molar-refractivity contribution is -0.180. The molecule has 1 heterocycles. The van der Waals surface area contributed by atoms with Gasteiger partial charge in [0.05, 0.1) is 0 Å². The van der Waals surface area contributed by atoms with Gasteiger partial charge < -0.3 is 14.2 Å². The summed E-state index contributed by atoms with van der Waals surface area (Å²) in [7, 11) is 0. The normalized spacial score (nSPS) is 30.3. The molecule has 0 unspecified atom stereocenters. The van der Waals surface area contributed by atoms with Crippen molar-refractivity contribution in [2.24, 2.45) is 0 Å². The van der Waals surface area contributed by atoms with Gasteiger partial charge in [0.2, 0.25) is 0 Å². The van der Waals surface area contributed by atoms with Crippen LogP contribution in [0.1, 0.15) is 20.8 Å². The molecule has 19 heavy (non-hydrogen) atoms. The van der Waals surface area contributed by atoms with Crippen molar-refractivity contribution in [1.82, 2.24) is 0 Å². The molecule has 0 aromatic rings. The number of esters is 3. The van der Waals surface area contributed by atoms with Crippen LogP contribution in [0.5, 0.6) is 0 Å². The van der Waals surface area contributed by atoms with Gasteiger partial charge in [-0.3, -0.25) is 14.4 Å². The summed E-state index contributed by atoms with van der Waals surface area (Å²) in [5.41, 5.74) is 0. The van der Waals surface area contributed by atoms with Crippen LogP contribution in [0.15, 0.2) is 0 Å². The van der Waals surface area contributed by atoms with Crippen LogP contribution in [0.2, 0.25) is 0 Å². The third-order valence-electron chi connectivity index (χ3n) is 2.29. The van der Waals surface area contributed by atoms with E-state index in [-0.39, 0.29) is 4.16 Å². The lowest BCUT2D eigenvalue weighted by atomic mass is 10.1. The van der Waals surface area contributed by atoms with E-state index in [4.69, 9.17) is 14.2 Å². The molecule has 0 aliphatic carbocycles. The van der Waals surface area contributed by atoms with Crippen LogP contribution in [0.25, 0.3) is 0 Å². The maximum atomic E-state index is 11.2. The van der Waals surface area contributed by atoms with Crippen LogP contribution >= 0.6 is 27.7 Å². The Morgan fingerprint density at radius 2 is 1.42 bits per heavy atom. The van der Waals surface area contributed by atoms with Gasteiger partial charge in [-0.25, -0.2) is 0 Å². The quantitative estimate of drug-likeness (QED) is 0.428. The van der Waals surface area contributed by atoms with Gasteiger partial charge in [-0.15, -0.1) is 11.8 Å². The van der Waals surface area contributed by atoms with Crippen molar-refractivity contribution in [3.05, 3.63) is 0 Å². The van der Waals surface area contributed by atoms with Gasteiger partial charge in [0.1, 0.15) is 4.16 Å². The number of rotatable bonds is 3. The minimum Gasteiger partial charge on any atom is -0.458 e. The monoisotopic (exact) mass is 354 g/mol. The lowest BCUT2D eigenvalue weighted by Crippen LogP contribution is -2.52. The molecule has 0 aromatic heterocycles. The zero-order valence-corrected chi connectivity index (χ0v) is 13.2. The van der Waals surface area contributed by atoms with E-state index in [2.05, 4.69) is 15.9 Å². The van der Waals surface area contributed by atoms with Gasteiger partial charge in [0.15, 0.2) is 18.3 Å². The summed E-state index contributed by atoms with van der Waals surface area (Å²) in [6.07, 6.45) is -2.15. The summed E-state index contributed by atoms with van der Waals surface area (Å²) in [6, 6.07) is 0. The molecule has 0 N–H and O–H groups in total. The fourth-order valence-electron chi connectivity index (χ4n) is 1.70. The third kappa shape index (κ3) is 5.02. The standard InChI is InChI=1S/C11H15BrO6S/c1-5(13)16-8-4-19-11(12)10(18-7(3)15)9(8)17-6(2)14/h8-11H,4H2,1-3H3/t8-,9-,10-,11-/m1/s1. The number of thioether (sulfide) groups is 1. The zero-order chi connectivity index (χ0) is 14.6. The summed E-state index contributed by atoms with van der Waals surface area (Å²) in [6.45, 7) is 3.79. The largest absolute Gasteiger partial charge is 0.458 e. The van der Waals surface area contributed by atoms with E-state index in [1.807, 2.05) is 0 Å². The van der Waals surface area contributed by atoms with Crippen molar-refractivity contribution >= 4 is 45.6 Å². The van der Waals surface area contributed by atoms with Crippen LogP contribution in [-0.4, -0.2) is 46.1 Å². The second-order valence-corrected chi connectivity index (χ2v) is 6.75. The molecule has 1 fully saturated rings. The molecule has 1 aliphatic rings. The molecule has 1 saturated heterocycles. The number of hydrogen-bond acceptors (Lipinski definition) is 7.